The molecule has 71 heavy (non-hydrogen) atoms. The van der Waals surface area contributed by atoms with Crippen molar-refractivity contribution in [3.63, 3.8) is 0 Å². The molecular formula is C65H106O6. The molecule has 0 fully saturated rings. The van der Waals surface area contributed by atoms with Crippen LogP contribution in [-0.4, -0.2) is 37.2 Å². The molecule has 0 radical (unpaired) electrons. The molecule has 0 heterocycles. The summed E-state index contributed by atoms with van der Waals surface area (Å²) in [5.74, 6) is -0.952. The third-order valence-electron chi connectivity index (χ3n) is 11.9. The summed E-state index contributed by atoms with van der Waals surface area (Å²) in [5.41, 5.74) is 0. The van der Waals surface area contributed by atoms with E-state index in [1.807, 2.05) is 0 Å². The van der Waals surface area contributed by atoms with Crippen molar-refractivity contribution >= 4 is 17.9 Å². The zero-order valence-corrected chi connectivity index (χ0v) is 45.9. The fourth-order valence-electron chi connectivity index (χ4n) is 7.63. The normalized spacial score (nSPS) is 13.0. The van der Waals surface area contributed by atoms with E-state index >= 15 is 0 Å². The maximum Gasteiger partial charge on any atom is 0.306 e. The van der Waals surface area contributed by atoms with Crippen LogP contribution in [-0.2, 0) is 28.6 Å². The van der Waals surface area contributed by atoms with Crippen LogP contribution in [0.2, 0.25) is 0 Å². The van der Waals surface area contributed by atoms with E-state index in [4.69, 9.17) is 14.2 Å². The van der Waals surface area contributed by atoms with Crippen molar-refractivity contribution in [3.8, 4) is 0 Å². The first-order valence-electron chi connectivity index (χ1n) is 29.0. The average Bonchev–Trinajstić information content (AvgIpc) is 3.37. The Morgan fingerprint density at radius 1 is 0.296 bits per heavy atom. The van der Waals surface area contributed by atoms with E-state index in [-0.39, 0.29) is 31.1 Å². The van der Waals surface area contributed by atoms with Crippen molar-refractivity contribution < 1.29 is 28.6 Å². The van der Waals surface area contributed by atoms with Gasteiger partial charge in [0.2, 0.25) is 0 Å². The first kappa shape index (κ1) is 66.8. The molecule has 0 aromatic heterocycles. The smallest absolute Gasteiger partial charge is 0.306 e. The van der Waals surface area contributed by atoms with Crippen LogP contribution >= 0.6 is 0 Å². The molecule has 0 aromatic rings. The van der Waals surface area contributed by atoms with Gasteiger partial charge in [0, 0.05) is 19.3 Å². The Hall–Kier alpha value is -4.19. The Morgan fingerprint density at radius 3 is 0.873 bits per heavy atom. The third kappa shape index (κ3) is 56.6. The minimum absolute atomic E-state index is 0.100. The van der Waals surface area contributed by atoms with Crippen LogP contribution in [0.1, 0.15) is 252 Å². The van der Waals surface area contributed by atoms with E-state index < -0.39 is 6.10 Å². The highest BCUT2D eigenvalue weighted by molar-refractivity contribution is 5.71. The Labute approximate surface area is 437 Å². The van der Waals surface area contributed by atoms with Crippen LogP contribution in [0.15, 0.2) is 122 Å². The lowest BCUT2D eigenvalue weighted by Crippen LogP contribution is -2.30. The Kier molecular flexibility index (Phi) is 54.9. The van der Waals surface area contributed by atoms with Crippen molar-refractivity contribution in [3.05, 3.63) is 122 Å². The summed E-state index contributed by atoms with van der Waals surface area (Å²) < 4.78 is 16.8. The van der Waals surface area contributed by atoms with Gasteiger partial charge in [0.1, 0.15) is 13.2 Å². The summed E-state index contributed by atoms with van der Waals surface area (Å²) in [7, 11) is 0. The number of hydrogen-bond acceptors (Lipinski definition) is 6. The molecule has 0 aliphatic rings. The van der Waals surface area contributed by atoms with Crippen molar-refractivity contribution in [2.24, 2.45) is 0 Å². The Morgan fingerprint density at radius 2 is 0.549 bits per heavy atom. The van der Waals surface area contributed by atoms with Crippen LogP contribution in [0.5, 0.6) is 0 Å². The summed E-state index contributed by atoms with van der Waals surface area (Å²) in [5, 5.41) is 0. The third-order valence-corrected chi connectivity index (χ3v) is 11.9. The maximum absolute atomic E-state index is 12.8. The van der Waals surface area contributed by atoms with Crippen LogP contribution in [0.4, 0.5) is 0 Å². The fourth-order valence-corrected chi connectivity index (χ4v) is 7.63. The second-order valence-corrected chi connectivity index (χ2v) is 18.8. The fraction of sp³-hybridized carbons (Fsp3) is 0.646. The monoisotopic (exact) mass is 983 g/mol. The molecule has 0 aromatic carbocycles. The Bertz CT molecular complexity index is 1500. The molecule has 0 rings (SSSR count). The largest absolute Gasteiger partial charge is 0.462 e. The lowest BCUT2D eigenvalue weighted by Gasteiger charge is -2.18. The molecule has 0 N–H and O–H groups in total. The number of ether oxygens (including phenoxy) is 3. The number of hydrogen-bond donors (Lipinski definition) is 0. The van der Waals surface area contributed by atoms with Gasteiger partial charge in [-0.1, -0.05) is 226 Å². The number of esters is 3. The molecule has 0 amide bonds. The number of carbonyl (C=O) groups excluding carboxylic acids is 3. The highest BCUT2D eigenvalue weighted by Gasteiger charge is 2.19. The second kappa shape index (κ2) is 58.4. The van der Waals surface area contributed by atoms with E-state index in [1.54, 1.807) is 0 Å². The standard InChI is InChI=1S/C65H106O6/c1-4-7-10-13-16-19-22-25-28-29-30-31-32-33-34-35-38-40-43-46-49-52-55-58-64(67)70-61-62(71-65(68)59-56-53-50-47-44-41-37-27-24-21-18-15-12-9-6-3)60-69-63(66)57-54-51-48-45-42-39-36-26-23-20-17-14-11-8-5-2/h7,9-10,12,16,18-19,21,25-28,30-31,33-34,36-38,40,62H,4-6,8,11,13-15,17,20,22-24,29,32,35,39,41-61H2,1-3H3/b10-7-,12-9-,19-16-,21-18-,28-25-,31-30-,34-33-,36-26-,37-27-,40-38-. The SMILES string of the molecule is CC/C=C\C/C=C\C/C=C\C/C=C\C/C=C\C/C=C\CCCCCCC(=O)OCC(COC(=O)CCCCCCC/C=C\CCCCCCCC)OC(=O)CCCCCCC/C=C\C/C=C\C/C=C\CC. The van der Waals surface area contributed by atoms with Gasteiger partial charge < -0.3 is 14.2 Å². The van der Waals surface area contributed by atoms with Crippen molar-refractivity contribution in [2.75, 3.05) is 13.2 Å². The topological polar surface area (TPSA) is 78.9 Å². The molecule has 0 saturated carbocycles. The molecule has 0 aliphatic carbocycles. The minimum Gasteiger partial charge on any atom is -0.462 e. The quantitative estimate of drug-likeness (QED) is 0.0261. The molecular weight excluding hydrogens is 877 g/mol. The van der Waals surface area contributed by atoms with E-state index in [2.05, 4.69) is 142 Å². The second-order valence-electron chi connectivity index (χ2n) is 18.8. The van der Waals surface area contributed by atoms with Gasteiger partial charge in [0.05, 0.1) is 0 Å². The summed E-state index contributed by atoms with van der Waals surface area (Å²) in [6, 6.07) is 0. The van der Waals surface area contributed by atoms with Gasteiger partial charge in [-0.05, 0) is 128 Å². The minimum atomic E-state index is -0.805. The average molecular weight is 984 g/mol. The van der Waals surface area contributed by atoms with E-state index in [1.165, 1.54) is 51.4 Å². The van der Waals surface area contributed by atoms with Gasteiger partial charge in [0.15, 0.2) is 6.10 Å². The van der Waals surface area contributed by atoms with Gasteiger partial charge in [-0.25, -0.2) is 0 Å². The number of carbonyl (C=O) groups is 3. The van der Waals surface area contributed by atoms with Gasteiger partial charge in [-0.2, -0.15) is 0 Å². The van der Waals surface area contributed by atoms with Crippen LogP contribution in [0, 0.1) is 0 Å². The van der Waals surface area contributed by atoms with Crippen molar-refractivity contribution in [1.29, 1.82) is 0 Å². The van der Waals surface area contributed by atoms with Crippen molar-refractivity contribution in [2.45, 2.75) is 258 Å². The van der Waals surface area contributed by atoms with Crippen LogP contribution < -0.4 is 0 Å². The van der Waals surface area contributed by atoms with Crippen molar-refractivity contribution in [1.82, 2.24) is 0 Å². The maximum atomic E-state index is 12.8. The highest BCUT2D eigenvalue weighted by Crippen LogP contribution is 2.14. The first-order valence-corrected chi connectivity index (χ1v) is 29.0. The zero-order chi connectivity index (χ0) is 51.4. The van der Waals surface area contributed by atoms with E-state index in [0.717, 1.165) is 161 Å². The van der Waals surface area contributed by atoms with Crippen LogP contribution in [0.25, 0.3) is 0 Å². The zero-order valence-electron chi connectivity index (χ0n) is 45.9. The Balaban J connectivity index is 4.46. The molecule has 0 aliphatic heterocycles. The number of rotatable bonds is 51. The molecule has 0 spiro atoms. The molecule has 6 heteroatoms. The van der Waals surface area contributed by atoms with Gasteiger partial charge in [-0.3, -0.25) is 14.4 Å². The van der Waals surface area contributed by atoms with E-state index in [0.29, 0.717) is 19.3 Å². The molecule has 1 unspecified atom stereocenters. The molecule has 402 valence electrons. The van der Waals surface area contributed by atoms with E-state index in [9.17, 15) is 14.4 Å². The summed E-state index contributed by atoms with van der Waals surface area (Å²) in [4.78, 5) is 38.2. The predicted molar refractivity (Wildman–Crippen MR) is 306 cm³/mol. The van der Waals surface area contributed by atoms with Crippen LogP contribution in [0.3, 0.4) is 0 Å². The summed E-state index contributed by atoms with van der Waals surface area (Å²) >= 11 is 0. The first-order chi connectivity index (χ1) is 35.0. The summed E-state index contributed by atoms with van der Waals surface area (Å²) in [6.45, 7) is 6.36. The molecule has 6 nitrogen and oxygen atoms in total. The molecule has 1 atom stereocenters. The number of allylic oxidation sites excluding steroid dienone is 20. The van der Waals surface area contributed by atoms with Gasteiger partial charge in [0.25, 0.3) is 0 Å². The lowest BCUT2D eigenvalue weighted by atomic mass is 10.1. The van der Waals surface area contributed by atoms with Gasteiger partial charge >= 0.3 is 17.9 Å². The number of unbranched alkanes of at least 4 members (excludes halogenated alkanes) is 20. The molecule has 0 saturated heterocycles. The molecule has 0 bridgehead atoms. The summed E-state index contributed by atoms with van der Waals surface area (Å²) in [6.07, 6.45) is 80.4. The predicted octanol–water partition coefficient (Wildman–Crippen LogP) is 19.6. The lowest BCUT2D eigenvalue weighted by molar-refractivity contribution is -0.167. The van der Waals surface area contributed by atoms with Gasteiger partial charge in [-0.15, -0.1) is 0 Å². The highest BCUT2D eigenvalue weighted by atomic mass is 16.6.